The third-order valence-electron chi connectivity index (χ3n) is 8.42. The average molecular weight is 507 g/mol. The molecule has 3 atom stereocenters. The van der Waals surface area contributed by atoms with Crippen molar-refractivity contribution in [3.8, 4) is 11.8 Å². The number of Topliss-reactive ketones (excluding diaryl/α,β-unsaturated/α-hetero) is 1. The second-order valence-corrected chi connectivity index (χ2v) is 22.8. The molecule has 0 aromatic rings. The molecule has 0 bridgehead atoms. The summed E-state index contributed by atoms with van der Waals surface area (Å²) in [6.45, 7) is 26.9. The molecule has 0 saturated heterocycles. The van der Waals surface area contributed by atoms with Crippen molar-refractivity contribution in [1.82, 2.24) is 0 Å². The van der Waals surface area contributed by atoms with Crippen LogP contribution in [0.5, 0.6) is 0 Å². The first-order chi connectivity index (χ1) is 15.4. The maximum atomic E-state index is 12.6. The van der Waals surface area contributed by atoms with Crippen LogP contribution in [0.15, 0.2) is 12.2 Å². The normalized spacial score (nSPS) is 24.2. The van der Waals surface area contributed by atoms with Crippen molar-refractivity contribution in [2.75, 3.05) is 6.61 Å². The highest BCUT2D eigenvalue weighted by Crippen LogP contribution is 2.41. The molecule has 2 aliphatic rings. The van der Waals surface area contributed by atoms with Crippen LogP contribution >= 0.6 is 0 Å². The van der Waals surface area contributed by atoms with Crippen molar-refractivity contribution >= 4 is 22.4 Å². The molecular weight excluding hydrogens is 456 g/mol. The molecule has 0 spiro atoms. The van der Waals surface area contributed by atoms with Crippen molar-refractivity contribution in [2.24, 2.45) is 5.92 Å². The van der Waals surface area contributed by atoms with Crippen LogP contribution in [0.3, 0.4) is 0 Å². The molecule has 0 aliphatic heterocycles. The minimum atomic E-state index is -2.04. The molecule has 2 rings (SSSR count). The fraction of sp³-hybridized carbons (Fsp3) is 0.821. The van der Waals surface area contributed by atoms with Crippen molar-refractivity contribution in [3.05, 3.63) is 12.2 Å². The average Bonchev–Trinajstić information content (AvgIpc) is 2.95. The van der Waals surface area contributed by atoms with Crippen molar-refractivity contribution in [2.45, 2.75) is 135 Å². The summed E-state index contributed by atoms with van der Waals surface area (Å²) in [5.74, 6) is 6.58. The predicted molar refractivity (Wildman–Crippen MR) is 147 cm³/mol. The van der Waals surface area contributed by atoms with Crippen LogP contribution in [0.1, 0.15) is 80.1 Å². The molecule has 0 aromatic carbocycles. The number of carbonyl (C=O) groups excluding carboxylic acids is 1. The van der Waals surface area contributed by atoms with Crippen LogP contribution in [0, 0.1) is 17.8 Å². The van der Waals surface area contributed by atoms with Gasteiger partial charge in [-0.15, -0.1) is 0 Å². The van der Waals surface area contributed by atoms with E-state index in [1.165, 1.54) is 19.3 Å². The molecule has 2 fully saturated rings. The number of ketones is 1. The molecule has 0 amide bonds. The summed E-state index contributed by atoms with van der Waals surface area (Å²) in [4.78, 5) is 12.6. The maximum absolute atomic E-state index is 12.6. The molecule has 2 aliphatic carbocycles. The summed E-state index contributed by atoms with van der Waals surface area (Å²) < 4.78 is 19.6. The summed E-state index contributed by atoms with van der Waals surface area (Å²) in [5.41, 5.74) is 0.579. The number of carbonyl (C=O) groups is 1. The van der Waals surface area contributed by atoms with Gasteiger partial charge in [0.25, 0.3) is 0 Å². The van der Waals surface area contributed by atoms with Gasteiger partial charge in [0.05, 0.1) is 24.7 Å². The predicted octanol–water partition coefficient (Wildman–Crippen LogP) is 7.27. The fourth-order valence-corrected chi connectivity index (χ4v) is 6.47. The van der Waals surface area contributed by atoms with Gasteiger partial charge in [0, 0.05) is 12.0 Å². The second kappa shape index (κ2) is 11.1. The Balaban J connectivity index is 2.25. The first kappa shape index (κ1) is 29.5. The van der Waals surface area contributed by atoms with E-state index in [0.29, 0.717) is 24.7 Å². The molecule has 194 valence electrons. The van der Waals surface area contributed by atoms with E-state index in [0.717, 1.165) is 12.8 Å². The lowest BCUT2D eigenvalue weighted by Crippen LogP contribution is -2.45. The zero-order chi connectivity index (χ0) is 25.9. The van der Waals surface area contributed by atoms with Gasteiger partial charge in [0.15, 0.2) is 22.4 Å². The molecule has 0 N–H and O–H groups in total. The van der Waals surface area contributed by atoms with E-state index in [1.807, 2.05) is 0 Å². The number of ether oxygens (including phenoxy) is 1. The van der Waals surface area contributed by atoms with Crippen molar-refractivity contribution in [1.29, 1.82) is 0 Å². The first-order valence-corrected chi connectivity index (χ1v) is 19.0. The zero-order valence-corrected chi connectivity index (χ0v) is 25.6. The van der Waals surface area contributed by atoms with Gasteiger partial charge < -0.3 is 13.6 Å². The topological polar surface area (TPSA) is 44.8 Å². The van der Waals surface area contributed by atoms with E-state index in [2.05, 4.69) is 86.2 Å². The Labute approximate surface area is 211 Å². The SMILES string of the molecule is C=C1C(=O)C[C@@H](O[Si](C)(C)C(C)(C)C)[C@@H]1C#C[C@H](COC1CCCCC1)O[Si](C)(C)C(C)(C)C. The van der Waals surface area contributed by atoms with E-state index in [9.17, 15) is 4.79 Å². The van der Waals surface area contributed by atoms with Gasteiger partial charge in [-0.3, -0.25) is 4.79 Å². The molecule has 2 saturated carbocycles. The Morgan fingerprint density at radius 2 is 1.53 bits per heavy atom. The monoisotopic (exact) mass is 506 g/mol. The Hall–Kier alpha value is -0.716. The number of hydrogen-bond donors (Lipinski definition) is 0. The first-order valence-electron chi connectivity index (χ1n) is 13.1. The Bertz CT molecular complexity index is 786. The third-order valence-corrected chi connectivity index (χ3v) is 17.4. The van der Waals surface area contributed by atoms with E-state index >= 15 is 0 Å². The summed E-state index contributed by atoms with van der Waals surface area (Å²) in [5, 5.41) is 0.151. The Morgan fingerprint density at radius 3 is 2.06 bits per heavy atom. The maximum Gasteiger partial charge on any atom is 0.193 e. The molecule has 6 heteroatoms. The summed E-state index contributed by atoms with van der Waals surface area (Å²) in [6.07, 6.45) is 6.17. The molecule has 0 unspecified atom stereocenters. The van der Waals surface area contributed by atoms with Crippen molar-refractivity contribution in [3.63, 3.8) is 0 Å². The molecule has 4 nitrogen and oxygen atoms in total. The van der Waals surface area contributed by atoms with E-state index in [1.54, 1.807) is 0 Å². The van der Waals surface area contributed by atoms with Gasteiger partial charge in [0.2, 0.25) is 0 Å². The van der Waals surface area contributed by atoms with Crippen LogP contribution in [0.4, 0.5) is 0 Å². The highest BCUT2D eigenvalue weighted by molar-refractivity contribution is 6.74. The standard InChI is InChI=1S/C28H50O4Si2/c1-21-24(26(19-25(21)29)32-34(10,11)28(5,6)7)18-17-23(31-33(8,9)27(2,3)4)20-30-22-15-13-12-14-16-22/h22-24,26H,1,12-16,19-20H2,2-11H3/t23-,24-,26-/m1/s1. The molecule has 34 heavy (non-hydrogen) atoms. The quantitative estimate of drug-likeness (QED) is 0.207. The van der Waals surface area contributed by atoms with Gasteiger partial charge in [-0.25, -0.2) is 0 Å². The minimum absolute atomic E-state index is 0.0692. The number of rotatable bonds is 7. The fourth-order valence-electron chi connectivity index (χ4n) is 3.95. The smallest absolute Gasteiger partial charge is 0.193 e. The van der Waals surface area contributed by atoms with Crippen LogP contribution in [0.25, 0.3) is 0 Å². The lowest BCUT2D eigenvalue weighted by Gasteiger charge is -2.39. The largest absolute Gasteiger partial charge is 0.412 e. The van der Waals surface area contributed by atoms with Crippen LogP contribution < -0.4 is 0 Å². The Kier molecular flexibility index (Phi) is 9.66. The van der Waals surface area contributed by atoms with E-state index in [4.69, 9.17) is 13.6 Å². The summed E-state index contributed by atoms with van der Waals surface area (Å²) >= 11 is 0. The van der Waals surface area contributed by atoms with E-state index in [-0.39, 0.29) is 34.0 Å². The van der Waals surface area contributed by atoms with Crippen LogP contribution in [0.2, 0.25) is 36.3 Å². The highest BCUT2D eigenvalue weighted by Gasteiger charge is 2.45. The molecule has 0 radical (unpaired) electrons. The van der Waals surface area contributed by atoms with Crippen LogP contribution in [-0.2, 0) is 18.4 Å². The Morgan fingerprint density at radius 1 is 0.971 bits per heavy atom. The zero-order valence-electron chi connectivity index (χ0n) is 23.6. The minimum Gasteiger partial charge on any atom is -0.412 e. The lowest BCUT2D eigenvalue weighted by molar-refractivity contribution is -0.115. The summed E-state index contributed by atoms with van der Waals surface area (Å²) in [6, 6.07) is 0. The van der Waals surface area contributed by atoms with Gasteiger partial charge in [-0.05, 0) is 49.1 Å². The molecular formula is C28H50O4Si2. The van der Waals surface area contributed by atoms with Gasteiger partial charge >= 0.3 is 0 Å². The van der Waals surface area contributed by atoms with Crippen molar-refractivity contribution < 1.29 is 18.4 Å². The van der Waals surface area contributed by atoms with Crippen LogP contribution in [-0.4, -0.2) is 47.3 Å². The summed E-state index contributed by atoms with van der Waals surface area (Å²) in [7, 11) is -4.08. The van der Waals surface area contributed by atoms with E-state index < -0.39 is 16.6 Å². The second-order valence-electron chi connectivity index (χ2n) is 13.3. The van der Waals surface area contributed by atoms with Gasteiger partial charge in [-0.1, -0.05) is 79.2 Å². The molecule has 0 aromatic heterocycles. The lowest BCUT2D eigenvalue weighted by atomic mass is 9.98. The molecule has 0 heterocycles. The van der Waals surface area contributed by atoms with Gasteiger partial charge in [0.1, 0.15) is 6.10 Å². The highest BCUT2D eigenvalue weighted by atomic mass is 28.4. The number of hydrogen-bond acceptors (Lipinski definition) is 4. The van der Waals surface area contributed by atoms with Gasteiger partial charge in [-0.2, -0.15) is 0 Å². The third kappa shape index (κ3) is 7.64.